The molecule has 4 aromatic rings. The van der Waals surface area contributed by atoms with Gasteiger partial charge in [0, 0.05) is 33.7 Å². The minimum atomic E-state index is -1.01. The van der Waals surface area contributed by atoms with Crippen LogP contribution in [0.5, 0.6) is 0 Å². The molecule has 4 rings (SSSR count). The zero-order valence-corrected chi connectivity index (χ0v) is 18.6. The summed E-state index contributed by atoms with van der Waals surface area (Å²) >= 11 is 13.6. The zero-order chi connectivity index (χ0) is 22.0. The molecule has 0 aliphatic rings. The number of carbonyl (C=O) groups is 1. The van der Waals surface area contributed by atoms with Crippen molar-refractivity contribution in [2.75, 3.05) is 7.11 Å². The second-order valence-corrected chi connectivity index (χ2v) is 8.35. The van der Waals surface area contributed by atoms with Gasteiger partial charge in [-0.1, -0.05) is 53.5 Å². The summed E-state index contributed by atoms with van der Waals surface area (Å²) in [6, 6.07) is 18.2. The van der Waals surface area contributed by atoms with E-state index in [1.165, 1.54) is 11.3 Å². The lowest BCUT2D eigenvalue weighted by molar-refractivity contribution is -0.829. The minimum absolute atomic E-state index is 0.195. The molecule has 31 heavy (non-hydrogen) atoms. The fraction of sp³-hybridized carbons (Fsp3) is 0.0435. The highest BCUT2D eigenvalue weighted by Crippen LogP contribution is 2.35. The van der Waals surface area contributed by atoms with Crippen LogP contribution < -0.4 is 5.48 Å². The van der Waals surface area contributed by atoms with Gasteiger partial charge in [0.1, 0.15) is 5.01 Å². The van der Waals surface area contributed by atoms with Gasteiger partial charge in [-0.05, 0) is 24.3 Å². The largest absolute Gasteiger partial charge is 0.478 e. The lowest BCUT2D eigenvalue weighted by Crippen LogP contribution is -2.76. The molecule has 0 aliphatic carbocycles. The van der Waals surface area contributed by atoms with E-state index in [4.69, 9.17) is 28.0 Å². The maximum Gasteiger partial charge on any atom is 0.336 e. The predicted molar refractivity (Wildman–Crippen MR) is 124 cm³/mol. The van der Waals surface area contributed by atoms with E-state index in [9.17, 15) is 9.90 Å². The molecule has 1 heterocycles. The molecular weight excluding hydrogens is 455 g/mol. The molecule has 0 unspecified atom stereocenters. The molecule has 0 amide bonds. The van der Waals surface area contributed by atoms with Gasteiger partial charge in [-0.15, -0.1) is 11.3 Å². The van der Waals surface area contributed by atoms with Crippen LogP contribution in [0.15, 0.2) is 66.0 Å². The quantitative estimate of drug-likeness (QED) is 0.270. The summed E-state index contributed by atoms with van der Waals surface area (Å²) in [4.78, 5) is 21.9. The van der Waals surface area contributed by atoms with Gasteiger partial charge in [0.15, 0.2) is 5.69 Å². The van der Waals surface area contributed by atoms with Crippen molar-refractivity contribution in [2.45, 2.75) is 0 Å². The second kappa shape index (κ2) is 9.18. The number of quaternary nitrogens is 1. The number of nitrogens with two attached hydrogens (primary N) is 1. The first kappa shape index (κ1) is 21.5. The molecule has 0 spiro atoms. The van der Waals surface area contributed by atoms with E-state index < -0.39 is 5.97 Å². The Morgan fingerprint density at radius 1 is 1.00 bits per heavy atom. The molecule has 0 saturated carbocycles. The van der Waals surface area contributed by atoms with Crippen LogP contribution in [0.2, 0.25) is 10.0 Å². The van der Waals surface area contributed by atoms with Gasteiger partial charge in [0.05, 0.1) is 28.4 Å². The monoisotopic (exact) mass is 471 g/mol. The Morgan fingerprint density at radius 2 is 1.77 bits per heavy atom. The molecule has 3 aromatic carbocycles. The number of hydrogen-bond donors (Lipinski definition) is 2. The SMILES string of the molecule is CO[NH2+]c1ccccc1-c1ccc(-c2nc(-c3ccc(Cl)c(Cl)c3)cs2)cc1C(=O)O. The summed E-state index contributed by atoms with van der Waals surface area (Å²) in [6.45, 7) is 0. The number of carboxylic acids is 1. The average molecular weight is 472 g/mol. The summed E-state index contributed by atoms with van der Waals surface area (Å²) in [5.74, 6) is -1.01. The van der Waals surface area contributed by atoms with E-state index in [0.717, 1.165) is 28.1 Å². The third kappa shape index (κ3) is 4.49. The normalized spacial score (nSPS) is 10.9. The molecule has 5 nitrogen and oxygen atoms in total. The van der Waals surface area contributed by atoms with Gasteiger partial charge in [-0.3, -0.25) is 0 Å². The third-order valence-electron chi connectivity index (χ3n) is 4.71. The predicted octanol–water partition coefficient (Wildman–Crippen LogP) is 5.91. The number of benzene rings is 3. The van der Waals surface area contributed by atoms with Crippen molar-refractivity contribution in [3.8, 4) is 33.0 Å². The first-order valence-electron chi connectivity index (χ1n) is 9.22. The number of nitrogens with zero attached hydrogens (tertiary/aromatic N) is 1. The van der Waals surface area contributed by atoms with Gasteiger partial charge >= 0.3 is 5.97 Å². The van der Waals surface area contributed by atoms with E-state index in [1.807, 2.05) is 41.8 Å². The number of carboxylic acid groups (broad SMARTS) is 1. The van der Waals surface area contributed by atoms with E-state index >= 15 is 0 Å². The summed E-state index contributed by atoms with van der Waals surface area (Å²) in [7, 11) is 1.56. The highest BCUT2D eigenvalue weighted by Gasteiger charge is 2.19. The number of halogens is 2. The van der Waals surface area contributed by atoms with Crippen molar-refractivity contribution in [1.29, 1.82) is 0 Å². The van der Waals surface area contributed by atoms with Gasteiger partial charge in [-0.2, -0.15) is 5.48 Å². The maximum atomic E-state index is 12.1. The van der Waals surface area contributed by atoms with Crippen LogP contribution in [0.3, 0.4) is 0 Å². The van der Waals surface area contributed by atoms with Crippen molar-refractivity contribution in [1.82, 2.24) is 4.98 Å². The Morgan fingerprint density at radius 3 is 2.52 bits per heavy atom. The summed E-state index contributed by atoms with van der Waals surface area (Å²) in [5, 5.41) is 13.4. The van der Waals surface area contributed by atoms with Gasteiger partial charge in [-0.25, -0.2) is 14.6 Å². The van der Waals surface area contributed by atoms with Crippen molar-refractivity contribution in [3.05, 3.63) is 81.7 Å². The topological polar surface area (TPSA) is 76.0 Å². The van der Waals surface area contributed by atoms with Crippen LogP contribution in [0.1, 0.15) is 10.4 Å². The Balaban J connectivity index is 1.75. The van der Waals surface area contributed by atoms with Crippen LogP contribution in [0.25, 0.3) is 33.0 Å². The lowest BCUT2D eigenvalue weighted by Gasteiger charge is -2.10. The molecule has 0 aliphatic heterocycles. The first-order chi connectivity index (χ1) is 15.0. The average Bonchev–Trinajstić information content (AvgIpc) is 3.26. The third-order valence-corrected chi connectivity index (χ3v) is 6.34. The van der Waals surface area contributed by atoms with Crippen LogP contribution >= 0.6 is 34.5 Å². The molecule has 3 N–H and O–H groups in total. The lowest BCUT2D eigenvalue weighted by atomic mass is 9.96. The number of thiazole rings is 1. The highest BCUT2D eigenvalue weighted by molar-refractivity contribution is 7.13. The van der Waals surface area contributed by atoms with Crippen LogP contribution in [0, 0.1) is 0 Å². The van der Waals surface area contributed by atoms with Crippen LogP contribution in [-0.2, 0) is 4.84 Å². The molecule has 0 atom stereocenters. The van der Waals surface area contributed by atoms with Gasteiger partial charge in [0.25, 0.3) is 0 Å². The van der Waals surface area contributed by atoms with Crippen molar-refractivity contribution < 1.29 is 20.2 Å². The van der Waals surface area contributed by atoms with Gasteiger partial charge in [0.2, 0.25) is 0 Å². The number of hydrogen-bond acceptors (Lipinski definition) is 4. The molecular formula is C23H17Cl2N2O3S+. The highest BCUT2D eigenvalue weighted by atomic mass is 35.5. The van der Waals surface area contributed by atoms with E-state index in [0.29, 0.717) is 20.6 Å². The standard InChI is InChI=1S/C23H16Cl2N2O3S/c1-30-27-20-5-3-2-4-16(20)15-8-6-14(10-17(15)23(28)29)22-26-21(12-31-22)13-7-9-18(24)19(25)11-13/h2-12,27H,1H3,(H,28,29)/p+1. The Hall–Kier alpha value is -2.74. The molecule has 156 valence electrons. The van der Waals surface area contributed by atoms with Crippen molar-refractivity contribution >= 4 is 46.2 Å². The molecule has 0 bridgehead atoms. The van der Waals surface area contributed by atoms with E-state index in [1.54, 1.807) is 36.9 Å². The molecule has 0 saturated heterocycles. The maximum absolute atomic E-state index is 12.1. The second-order valence-electron chi connectivity index (χ2n) is 6.67. The van der Waals surface area contributed by atoms with E-state index in [-0.39, 0.29) is 5.56 Å². The first-order valence-corrected chi connectivity index (χ1v) is 10.9. The number of aromatic carboxylic acids is 1. The Bertz CT molecular complexity index is 1270. The van der Waals surface area contributed by atoms with Crippen molar-refractivity contribution in [2.24, 2.45) is 0 Å². The Kier molecular flexibility index (Phi) is 6.36. The minimum Gasteiger partial charge on any atom is -0.478 e. The fourth-order valence-electron chi connectivity index (χ4n) is 3.26. The molecule has 0 radical (unpaired) electrons. The smallest absolute Gasteiger partial charge is 0.336 e. The van der Waals surface area contributed by atoms with E-state index in [2.05, 4.69) is 4.98 Å². The van der Waals surface area contributed by atoms with Crippen molar-refractivity contribution in [3.63, 3.8) is 0 Å². The Labute approximate surface area is 192 Å². The van der Waals surface area contributed by atoms with Gasteiger partial charge < -0.3 is 5.11 Å². The number of aromatic nitrogens is 1. The molecule has 1 aromatic heterocycles. The number of rotatable bonds is 6. The summed E-state index contributed by atoms with van der Waals surface area (Å²) < 4.78 is 0. The fourth-order valence-corrected chi connectivity index (χ4v) is 4.38. The van der Waals surface area contributed by atoms with Crippen LogP contribution in [-0.4, -0.2) is 23.2 Å². The zero-order valence-electron chi connectivity index (χ0n) is 16.3. The van der Waals surface area contributed by atoms with Crippen LogP contribution in [0.4, 0.5) is 5.69 Å². The summed E-state index contributed by atoms with van der Waals surface area (Å²) in [6.07, 6.45) is 0. The summed E-state index contributed by atoms with van der Waals surface area (Å²) in [5.41, 5.74) is 6.31. The molecule has 0 fully saturated rings. The molecule has 8 heteroatoms.